The highest BCUT2D eigenvalue weighted by atomic mass is 35.5. The highest BCUT2D eigenvalue weighted by molar-refractivity contribution is 7.98. The number of rotatable bonds is 5. The molecule has 192 valence electrons. The number of nitrogens with two attached hydrogens (primary N) is 1. The van der Waals surface area contributed by atoms with Gasteiger partial charge in [-0.25, -0.2) is 0 Å². The number of aryl methyl sites for hydroxylation is 2. The molecule has 1 aliphatic heterocycles. The average molecular weight is 540 g/mol. The monoisotopic (exact) mass is 539 g/mol. The van der Waals surface area contributed by atoms with Crippen molar-refractivity contribution in [3.8, 4) is 6.07 Å². The molecule has 0 amide bonds. The van der Waals surface area contributed by atoms with Crippen molar-refractivity contribution < 1.29 is 4.79 Å². The summed E-state index contributed by atoms with van der Waals surface area (Å²) >= 11 is 7.95. The molecule has 0 aromatic heterocycles. The predicted octanol–water partition coefficient (Wildman–Crippen LogP) is 7.86. The summed E-state index contributed by atoms with van der Waals surface area (Å²) in [5.41, 5.74) is 15.2. The molecule has 1 atom stereocenters. The maximum Gasteiger partial charge on any atom is 0.161 e. The van der Waals surface area contributed by atoms with Crippen molar-refractivity contribution >= 4 is 34.8 Å². The lowest BCUT2D eigenvalue weighted by atomic mass is 9.73. The van der Waals surface area contributed by atoms with Gasteiger partial charge in [0.1, 0.15) is 5.82 Å². The Morgan fingerprint density at radius 3 is 2.53 bits per heavy atom. The lowest BCUT2D eigenvalue weighted by molar-refractivity contribution is -0.116. The topological polar surface area (TPSA) is 70.1 Å². The number of carbonyl (C=O) groups is 1. The van der Waals surface area contributed by atoms with E-state index in [1.54, 1.807) is 12.1 Å². The van der Waals surface area contributed by atoms with E-state index in [4.69, 9.17) is 17.3 Å². The summed E-state index contributed by atoms with van der Waals surface area (Å²) < 4.78 is 0. The fourth-order valence-electron chi connectivity index (χ4n) is 5.57. The maximum absolute atomic E-state index is 13.6. The maximum atomic E-state index is 13.6. The molecule has 0 radical (unpaired) electrons. The molecule has 3 aromatic rings. The van der Waals surface area contributed by atoms with Crippen LogP contribution in [0.4, 0.5) is 5.69 Å². The number of carbonyl (C=O) groups excluding carboxylic acids is 1. The number of Topliss-reactive ketones (excluding diaryl/α,β-unsaturated/α-hetero) is 1. The van der Waals surface area contributed by atoms with Crippen molar-refractivity contribution in [2.24, 2.45) is 5.73 Å². The number of nitriles is 1. The first-order valence-corrected chi connectivity index (χ1v) is 14.2. The van der Waals surface area contributed by atoms with Crippen LogP contribution in [-0.2, 0) is 10.5 Å². The van der Waals surface area contributed by atoms with Crippen molar-refractivity contribution in [3.05, 3.63) is 116 Å². The van der Waals surface area contributed by atoms with Gasteiger partial charge in [0, 0.05) is 39.0 Å². The summed E-state index contributed by atoms with van der Waals surface area (Å²) in [6, 6.07) is 22.5. The van der Waals surface area contributed by atoms with E-state index in [0.717, 1.165) is 46.7 Å². The van der Waals surface area contributed by atoms with E-state index >= 15 is 0 Å². The molecule has 5 rings (SSSR count). The molecule has 0 saturated heterocycles. The SMILES string of the molecule is Cc1cc(CSc2ccccc2C)c(C)c(C2C(C#N)=C(N)N(c3ccc(Cl)cc3)C3=C2C(=O)CCC3)c1. The molecule has 1 heterocycles. The Morgan fingerprint density at radius 1 is 1.08 bits per heavy atom. The fourth-order valence-corrected chi connectivity index (χ4v) is 6.78. The zero-order valence-electron chi connectivity index (χ0n) is 21.8. The van der Waals surface area contributed by atoms with E-state index in [0.29, 0.717) is 28.4 Å². The molecular formula is C32H30ClN3OS. The van der Waals surface area contributed by atoms with Gasteiger partial charge in [-0.05, 0) is 86.2 Å². The van der Waals surface area contributed by atoms with Gasteiger partial charge in [-0.1, -0.05) is 47.5 Å². The first-order chi connectivity index (χ1) is 18.3. The number of benzene rings is 3. The molecule has 0 spiro atoms. The molecule has 4 nitrogen and oxygen atoms in total. The van der Waals surface area contributed by atoms with E-state index in [2.05, 4.69) is 63.2 Å². The van der Waals surface area contributed by atoms with Gasteiger partial charge in [0.15, 0.2) is 5.78 Å². The van der Waals surface area contributed by atoms with Gasteiger partial charge in [-0.3, -0.25) is 9.69 Å². The molecule has 2 N–H and O–H groups in total. The summed E-state index contributed by atoms with van der Waals surface area (Å²) in [7, 11) is 0. The van der Waals surface area contributed by atoms with Gasteiger partial charge in [0.2, 0.25) is 0 Å². The van der Waals surface area contributed by atoms with E-state index in [1.807, 2.05) is 28.8 Å². The van der Waals surface area contributed by atoms with Crippen LogP contribution < -0.4 is 10.6 Å². The molecule has 6 heteroatoms. The number of thioether (sulfide) groups is 1. The van der Waals surface area contributed by atoms with E-state index in [-0.39, 0.29) is 5.78 Å². The average Bonchev–Trinajstić information content (AvgIpc) is 2.90. The number of hydrogen-bond donors (Lipinski definition) is 1. The van der Waals surface area contributed by atoms with Gasteiger partial charge >= 0.3 is 0 Å². The molecule has 1 unspecified atom stereocenters. The fraction of sp³-hybridized carbons (Fsp3) is 0.250. The van der Waals surface area contributed by atoms with Gasteiger partial charge in [0.25, 0.3) is 0 Å². The Balaban J connectivity index is 1.64. The normalized spacial score (nSPS) is 17.5. The predicted molar refractivity (Wildman–Crippen MR) is 156 cm³/mol. The number of nitrogens with zero attached hydrogens (tertiary/aromatic N) is 2. The Morgan fingerprint density at radius 2 is 1.82 bits per heavy atom. The Kier molecular flexibility index (Phi) is 7.38. The number of ketones is 1. The molecule has 3 aromatic carbocycles. The minimum Gasteiger partial charge on any atom is -0.384 e. The first-order valence-electron chi connectivity index (χ1n) is 12.8. The quantitative estimate of drug-likeness (QED) is 0.334. The molecule has 38 heavy (non-hydrogen) atoms. The summed E-state index contributed by atoms with van der Waals surface area (Å²) in [4.78, 5) is 16.7. The standard InChI is InChI=1S/C32H30ClN3OS/c1-19-15-22(18-38-29-10-5-4-7-20(29)2)21(3)25(16-19)30-26(17-34)32(35)36(24-13-11-23(33)12-14-24)27-8-6-9-28(37)31(27)30/h4-5,7,10-16,30H,6,8-9,18,35H2,1-3H3. The van der Waals surface area contributed by atoms with Crippen LogP contribution in [0, 0.1) is 32.1 Å². The van der Waals surface area contributed by atoms with Crippen molar-refractivity contribution in [2.75, 3.05) is 4.90 Å². The Labute approximate surface area is 233 Å². The van der Waals surface area contributed by atoms with Crippen LogP contribution in [0.3, 0.4) is 0 Å². The molecule has 0 fully saturated rings. The van der Waals surface area contributed by atoms with Crippen molar-refractivity contribution in [1.82, 2.24) is 0 Å². The first kappa shape index (κ1) is 26.2. The van der Waals surface area contributed by atoms with Crippen molar-refractivity contribution in [2.45, 2.75) is 56.6 Å². The summed E-state index contributed by atoms with van der Waals surface area (Å²) in [5, 5.41) is 11.0. The van der Waals surface area contributed by atoms with E-state index in [9.17, 15) is 10.1 Å². The third-order valence-corrected chi connectivity index (χ3v) is 8.96. The second kappa shape index (κ2) is 10.7. The van der Waals surface area contributed by atoms with Gasteiger partial charge in [0.05, 0.1) is 17.6 Å². The smallest absolute Gasteiger partial charge is 0.161 e. The second-order valence-electron chi connectivity index (χ2n) is 9.99. The Bertz CT molecular complexity index is 1530. The second-order valence-corrected chi connectivity index (χ2v) is 11.4. The highest BCUT2D eigenvalue weighted by Crippen LogP contribution is 2.47. The van der Waals surface area contributed by atoms with Crippen LogP contribution in [0.15, 0.2) is 88.2 Å². The minimum atomic E-state index is -0.478. The lowest BCUT2D eigenvalue weighted by Gasteiger charge is -2.40. The zero-order chi connectivity index (χ0) is 27.0. The molecule has 0 bridgehead atoms. The van der Waals surface area contributed by atoms with Crippen molar-refractivity contribution in [3.63, 3.8) is 0 Å². The van der Waals surface area contributed by atoms with Gasteiger partial charge in [-0.15, -0.1) is 11.8 Å². The van der Waals surface area contributed by atoms with Crippen LogP contribution in [0.25, 0.3) is 0 Å². The summed E-state index contributed by atoms with van der Waals surface area (Å²) in [6.07, 6.45) is 1.96. The molecule has 2 aliphatic rings. The largest absolute Gasteiger partial charge is 0.384 e. The zero-order valence-corrected chi connectivity index (χ0v) is 23.4. The van der Waals surface area contributed by atoms with Crippen molar-refractivity contribution in [1.29, 1.82) is 5.26 Å². The summed E-state index contributed by atoms with van der Waals surface area (Å²) in [5.74, 6) is 0.793. The minimum absolute atomic E-state index is 0.0900. The molecule has 0 saturated carbocycles. The number of halogens is 1. The van der Waals surface area contributed by atoms with E-state index < -0.39 is 5.92 Å². The third kappa shape index (κ3) is 4.75. The number of allylic oxidation sites excluding steroid dienone is 3. The van der Waals surface area contributed by atoms with Crippen LogP contribution in [0.2, 0.25) is 5.02 Å². The van der Waals surface area contributed by atoms with E-state index in [1.165, 1.54) is 16.0 Å². The summed E-state index contributed by atoms with van der Waals surface area (Å²) in [6.45, 7) is 6.30. The third-order valence-electron chi connectivity index (χ3n) is 7.49. The highest BCUT2D eigenvalue weighted by Gasteiger charge is 2.41. The van der Waals surface area contributed by atoms with Gasteiger partial charge < -0.3 is 5.73 Å². The van der Waals surface area contributed by atoms with Crippen LogP contribution in [-0.4, -0.2) is 5.78 Å². The number of hydrogen-bond acceptors (Lipinski definition) is 5. The molecular weight excluding hydrogens is 510 g/mol. The van der Waals surface area contributed by atoms with Crippen LogP contribution in [0.1, 0.15) is 53.0 Å². The molecule has 1 aliphatic carbocycles. The van der Waals surface area contributed by atoms with Crippen LogP contribution in [0.5, 0.6) is 0 Å². The Hall–Kier alpha value is -3.46. The van der Waals surface area contributed by atoms with Gasteiger partial charge in [-0.2, -0.15) is 5.26 Å². The number of anilines is 1. The lowest BCUT2D eigenvalue weighted by Crippen LogP contribution is -2.39. The van der Waals surface area contributed by atoms with Crippen LogP contribution >= 0.6 is 23.4 Å².